The molecule has 0 aliphatic carbocycles. The highest BCUT2D eigenvalue weighted by atomic mass is 16.1. The topological polar surface area (TPSA) is 85.7 Å². The average Bonchev–Trinajstić information content (AvgIpc) is 3.49. The van der Waals surface area contributed by atoms with Crippen LogP contribution in [0.1, 0.15) is 110 Å². The number of hydrogen-bond donors (Lipinski definition) is 4. The molecule has 286 valence electrons. The summed E-state index contributed by atoms with van der Waals surface area (Å²) in [6.07, 6.45) is 21.8. The number of allylic oxidation sites excluding steroid dienone is 5. The number of fused-ring (bicyclic) bond motifs is 2. The maximum Gasteiger partial charge on any atom is 0.219 e. The Labute approximate surface area is 316 Å². The first kappa shape index (κ1) is 41.4. The van der Waals surface area contributed by atoms with Gasteiger partial charge in [0.1, 0.15) is 0 Å². The van der Waals surface area contributed by atoms with Crippen molar-refractivity contribution in [1.29, 1.82) is 0 Å². The first-order chi connectivity index (χ1) is 25.2. The van der Waals surface area contributed by atoms with Crippen LogP contribution in [-0.2, 0) is 15.6 Å². The van der Waals surface area contributed by atoms with E-state index in [0.717, 1.165) is 84.5 Å². The van der Waals surface area contributed by atoms with Crippen LogP contribution in [0.3, 0.4) is 0 Å². The smallest absolute Gasteiger partial charge is 0.219 e. The van der Waals surface area contributed by atoms with Gasteiger partial charge in [0.2, 0.25) is 5.91 Å². The van der Waals surface area contributed by atoms with E-state index in [2.05, 4.69) is 139 Å². The quantitative estimate of drug-likeness (QED) is 0.0651. The van der Waals surface area contributed by atoms with Gasteiger partial charge in [-0.15, -0.1) is 0 Å². The fourth-order valence-corrected chi connectivity index (χ4v) is 7.90. The Morgan fingerprint density at radius 3 is 2.13 bits per heavy atom. The summed E-state index contributed by atoms with van der Waals surface area (Å²) in [6, 6.07) is 18.1. The minimum atomic E-state index is -0.0230. The Morgan fingerprint density at radius 2 is 1.40 bits per heavy atom. The molecule has 0 saturated carbocycles. The van der Waals surface area contributed by atoms with Gasteiger partial charge in [-0.1, -0.05) is 108 Å². The van der Waals surface area contributed by atoms with E-state index in [-0.39, 0.29) is 22.8 Å². The third-order valence-corrected chi connectivity index (χ3v) is 11.0. The number of unbranched alkanes of at least 4 members (excludes halogenated alkanes) is 4. The SMILES string of the molecule is CCCCN1/C(=C/C=C/C=C/C2N(CCCCCC(=O)NCCCNCCCCNCCCN)c3ccccc3C2(C)C)C(C)(C)c2ccccc21. The molecule has 0 fully saturated rings. The van der Waals surface area contributed by atoms with Crippen molar-refractivity contribution in [3.05, 3.63) is 95.7 Å². The number of carbonyl (C=O) groups is 1. The molecule has 2 aromatic rings. The van der Waals surface area contributed by atoms with E-state index < -0.39 is 0 Å². The summed E-state index contributed by atoms with van der Waals surface area (Å²) in [6.45, 7) is 19.3. The van der Waals surface area contributed by atoms with Gasteiger partial charge in [0.25, 0.3) is 0 Å². The molecule has 2 aliphatic rings. The highest BCUT2D eigenvalue weighted by Gasteiger charge is 2.42. The molecular weight excluding hydrogens is 641 g/mol. The number of nitrogens with one attached hydrogen (secondary N) is 3. The van der Waals surface area contributed by atoms with Crippen LogP contribution in [-0.4, -0.2) is 64.3 Å². The zero-order valence-electron chi connectivity index (χ0n) is 33.2. The average molecular weight is 711 g/mol. The number of nitrogens with zero attached hydrogens (tertiary/aromatic N) is 2. The molecule has 1 unspecified atom stereocenters. The second kappa shape index (κ2) is 21.3. The van der Waals surface area contributed by atoms with Crippen molar-refractivity contribution in [3.8, 4) is 0 Å². The lowest BCUT2D eigenvalue weighted by Gasteiger charge is -2.32. The van der Waals surface area contributed by atoms with Crippen LogP contribution >= 0.6 is 0 Å². The van der Waals surface area contributed by atoms with E-state index in [4.69, 9.17) is 5.73 Å². The van der Waals surface area contributed by atoms with E-state index in [1.54, 1.807) is 0 Å². The van der Waals surface area contributed by atoms with Crippen LogP contribution in [0.5, 0.6) is 0 Å². The van der Waals surface area contributed by atoms with E-state index in [1.807, 2.05) is 0 Å². The van der Waals surface area contributed by atoms with Crippen molar-refractivity contribution in [2.45, 2.75) is 116 Å². The van der Waals surface area contributed by atoms with Gasteiger partial charge in [-0.3, -0.25) is 4.79 Å². The minimum absolute atomic E-state index is 0.00181. The van der Waals surface area contributed by atoms with Gasteiger partial charge >= 0.3 is 0 Å². The molecule has 2 aromatic carbocycles. The standard InChI is InChI=1S/C45H70N6O/c1-6-7-35-50-39-24-15-13-22-37(39)44(2,3)41(50)26-10-8-11-27-42-45(4,5)38-23-14-16-25-40(38)51(42)36-19-9-12-28-43(52)49-34-21-33-48-31-18-17-30-47-32-20-29-46/h8,10-11,13-16,22-27,42,47-48H,6-7,9,12,17-21,28-36,46H2,1-5H3,(H,49,52)/b10-8+,27-11+,41-26+. The number of carbonyl (C=O) groups excluding carboxylic acids is 1. The van der Waals surface area contributed by atoms with Gasteiger partial charge in [-0.25, -0.2) is 0 Å². The van der Waals surface area contributed by atoms with Crippen molar-refractivity contribution in [1.82, 2.24) is 16.0 Å². The Balaban J connectivity index is 1.22. The normalized spacial score (nSPS) is 18.2. The van der Waals surface area contributed by atoms with Crippen LogP contribution in [0, 0.1) is 0 Å². The highest BCUT2D eigenvalue weighted by molar-refractivity contribution is 5.75. The number of amides is 1. The van der Waals surface area contributed by atoms with Crippen molar-refractivity contribution in [2.75, 3.05) is 62.2 Å². The van der Waals surface area contributed by atoms with E-state index in [1.165, 1.54) is 53.9 Å². The van der Waals surface area contributed by atoms with E-state index >= 15 is 0 Å². The van der Waals surface area contributed by atoms with Gasteiger partial charge in [0, 0.05) is 54.0 Å². The van der Waals surface area contributed by atoms with Gasteiger partial charge < -0.3 is 31.5 Å². The molecular formula is C45H70N6O. The Kier molecular flexibility index (Phi) is 17.0. The maximum atomic E-state index is 12.5. The zero-order chi connectivity index (χ0) is 37.2. The second-order valence-electron chi connectivity index (χ2n) is 15.7. The molecule has 7 heteroatoms. The summed E-state index contributed by atoms with van der Waals surface area (Å²) in [7, 11) is 0. The van der Waals surface area contributed by atoms with E-state index in [9.17, 15) is 4.79 Å². The first-order valence-corrected chi connectivity index (χ1v) is 20.4. The summed E-state index contributed by atoms with van der Waals surface area (Å²) in [5.74, 6) is 0.178. The predicted molar refractivity (Wildman–Crippen MR) is 223 cm³/mol. The van der Waals surface area contributed by atoms with Crippen LogP contribution in [0.2, 0.25) is 0 Å². The first-order valence-electron chi connectivity index (χ1n) is 20.4. The lowest BCUT2D eigenvalue weighted by molar-refractivity contribution is -0.121. The van der Waals surface area contributed by atoms with Crippen LogP contribution in [0.4, 0.5) is 11.4 Å². The molecule has 2 aliphatic heterocycles. The minimum Gasteiger partial charge on any atom is -0.364 e. The molecule has 0 bridgehead atoms. The van der Waals surface area contributed by atoms with Crippen molar-refractivity contribution in [3.63, 3.8) is 0 Å². The molecule has 1 amide bonds. The second-order valence-corrected chi connectivity index (χ2v) is 15.7. The number of anilines is 2. The lowest BCUT2D eigenvalue weighted by atomic mass is 9.80. The molecule has 4 rings (SSSR count). The Bertz CT molecular complexity index is 1460. The van der Waals surface area contributed by atoms with Crippen LogP contribution in [0.15, 0.2) is 84.6 Å². The van der Waals surface area contributed by atoms with Crippen molar-refractivity contribution in [2.24, 2.45) is 5.73 Å². The molecule has 0 saturated heterocycles. The Hall–Kier alpha value is -3.39. The van der Waals surface area contributed by atoms with Gasteiger partial charge in [0.15, 0.2) is 0 Å². The molecule has 5 N–H and O–H groups in total. The third-order valence-electron chi connectivity index (χ3n) is 11.0. The third kappa shape index (κ3) is 11.3. The summed E-state index contributed by atoms with van der Waals surface area (Å²) >= 11 is 0. The van der Waals surface area contributed by atoms with Crippen LogP contribution in [0.25, 0.3) is 0 Å². The summed E-state index contributed by atoms with van der Waals surface area (Å²) in [5.41, 5.74) is 12.4. The lowest BCUT2D eigenvalue weighted by Crippen LogP contribution is -2.40. The summed E-state index contributed by atoms with van der Waals surface area (Å²) in [5, 5.41) is 10.0. The van der Waals surface area contributed by atoms with Crippen molar-refractivity contribution >= 4 is 17.3 Å². The monoisotopic (exact) mass is 711 g/mol. The number of para-hydroxylation sites is 2. The largest absolute Gasteiger partial charge is 0.364 e. The van der Waals surface area contributed by atoms with Crippen LogP contribution < -0.4 is 31.5 Å². The van der Waals surface area contributed by atoms with E-state index in [0.29, 0.717) is 6.42 Å². The fourth-order valence-electron chi connectivity index (χ4n) is 7.90. The molecule has 0 spiro atoms. The molecule has 2 heterocycles. The Morgan fingerprint density at radius 1 is 0.731 bits per heavy atom. The fraction of sp³-hybridized carbons (Fsp3) is 0.578. The number of nitrogens with two attached hydrogens (primary N) is 1. The van der Waals surface area contributed by atoms with Gasteiger partial charge in [-0.2, -0.15) is 0 Å². The molecule has 1 atom stereocenters. The predicted octanol–water partition coefficient (Wildman–Crippen LogP) is 8.12. The molecule has 52 heavy (non-hydrogen) atoms. The zero-order valence-corrected chi connectivity index (χ0v) is 33.2. The molecule has 0 aromatic heterocycles. The summed E-state index contributed by atoms with van der Waals surface area (Å²) < 4.78 is 0. The molecule has 7 nitrogen and oxygen atoms in total. The van der Waals surface area contributed by atoms with Gasteiger partial charge in [0.05, 0.1) is 6.04 Å². The number of benzene rings is 2. The number of rotatable bonds is 24. The maximum absolute atomic E-state index is 12.5. The highest BCUT2D eigenvalue weighted by Crippen LogP contribution is 2.48. The number of hydrogen-bond acceptors (Lipinski definition) is 6. The molecule has 0 radical (unpaired) electrons. The van der Waals surface area contributed by atoms with Crippen molar-refractivity contribution < 1.29 is 4.79 Å². The summed E-state index contributed by atoms with van der Waals surface area (Å²) in [4.78, 5) is 17.6. The van der Waals surface area contributed by atoms with Gasteiger partial charge in [-0.05, 0) is 107 Å².